The van der Waals surface area contributed by atoms with E-state index >= 15 is 0 Å². The Morgan fingerprint density at radius 3 is 2.44 bits per heavy atom. The maximum atomic E-state index is 12.9. The highest BCUT2D eigenvalue weighted by Crippen LogP contribution is 2.09. The summed E-state index contributed by atoms with van der Waals surface area (Å²) in [6.45, 7) is 4.42. The van der Waals surface area contributed by atoms with Crippen molar-refractivity contribution in [3.8, 4) is 0 Å². The van der Waals surface area contributed by atoms with Gasteiger partial charge in [0, 0.05) is 12.6 Å². The third-order valence-electron chi connectivity index (χ3n) is 2.55. The van der Waals surface area contributed by atoms with Crippen molar-refractivity contribution < 1.29 is 13.9 Å². The molecule has 0 aliphatic heterocycles. The lowest BCUT2D eigenvalue weighted by molar-refractivity contribution is 0.210. The number of aliphatic hydroxyl groups excluding tert-OH is 1. The molecule has 1 atom stereocenters. The highest BCUT2D eigenvalue weighted by atomic mass is 19.2. The lowest BCUT2D eigenvalue weighted by Crippen LogP contribution is -2.36. The Hall–Kier alpha value is -1.00. The summed E-state index contributed by atoms with van der Waals surface area (Å²) in [5.41, 5.74) is 0.665. The number of rotatable bonds is 5. The van der Waals surface area contributed by atoms with Gasteiger partial charge in [-0.25, -0.2) is 8.78 Å². The van der Waals surface area contributed by atoms with Crippen LogP contribution in [0, 0.1) is 17.6 Å². The first kappa shape index (κ1) is 13.1. The third-order valence-corrected chi connectivity index (χ3v) is 2.55. The van der Waals surface area contributed by atoms with Crippen molar-refractivity contribution in [3.05, 3.63) is 35.4 Å². The molecule has 0 amide bonds. The van der Waals surface area contributed by atoms with E-state index in [2.05, 4.69) is 5.32 Å². The van der Waals surface area contributed by atoms with Crippen LogP contribution in [0.4, 0.5) is 8.78 Å². The molecule has 0 saturated heterocycles. The van der Waals surface area contributed by atoms with Crippen LogP contribution < -0.4 is 5.32 Å². The van der Waals surface area contributed by atoms with Crippen LogP contribution >= 0.6 is 0 Å². The number of benzene rings is 1. The second-order valence-electron chi connectivity index (χ2n) is 4.16. The smallest absolute Gasteiger partial charge is 0.159 e. The third kappa shape index (κ3) is 3.54. The van der Waals surface area contributed by atoms with Gasteiger partial charge in [0.25, 0.3) is 0 Å². The van der Waals surface area contributed by atoms with E-state index in [-0.39, 0.29) is 18.6 Å². The molecule has 0 aliphatic rings. The summed E-state index contributed by atoms with van der Waals surface area (Å²) in [5, 5.41) is 12.2. The number of hydrogen-bond donors (Lipinski definition) is 2. The molecule has 0 heterocycles. The maximum absolute atomic E-state index is 12.9. The predicted molar refractivity (Wildman–Crippen MR) is 58.9 cm³/mol. The molecule has 0 bridgehead atoms. The van der Waals surface area contributed by atoms with Crippen molar-refractivity contribution in [1.29, 1.82) is 0 Å². The first-order valence-corrected chi connectivity index (χ1v) is 5.32. The molecule has 0 saturated carbocycles. The van der Waals surface area contributed by atoms with Gasteiger partial charge in [0.15, 0.2) is 11.6 Å². The lowest BCUT2D eigenvalue weighted by Gasteiger charge is -2.19. The fourth-order valence-electron chi connectivity index (χ4n) is 1.41. The molecule has 0 fully saturated rings. The van der Waals surface area contributed by atoms with Crippen molar-refractivity contribution in [3.63, 3.8) is 0 Å². The zero-order valence-electron chi connectivity index (χ0n) is 9.50. The van der Waals surface area contributed by atoms with E-state index in [0.717, 1.165) is 12.1 Å². The molecule has 1 rings (SSSR count). The minimum absolute atomic E-state index is 0.0291. The molecule has 90 valence electrons. The average Bonchev–Trinajstić information content (AvgIpc) is 2.23. The molecular weight excluding hydrogens is 212 g/mol. The zero-order chi connectivity index (χ0) is 12.1. The summed E-state index contributed by atoms with van der Waals surface area (Å²) >= 11 is 0. The van der Waals surface area contributed by atoms with E-state index in [0.29, 0.717) is 12.1 Å². The Labute approximate surface area is 94.3 Å². The van der Waals surface area contributed by atoms with E-state index < -0.39 is 11.6 Å². The second-order valence-corrected chi connectivity index (χ2v) is 4.16. The molecule has 2 N–H and O–H groups in total. The monoisotopic (exact) mass is 229 g/mol. The van der Waals surface area contributed by atoms with Crippen LogP contribution in [0.5, 0.6) is 0 Å². The fraction of sp³-hybridized carbons (Fsp3) is 0.500. The Kier molecular flexibility index (Phi) is 4.83. The van der Waals surface area contributed by atoms with Crippen molar-refractivity contribution >= 4 is 0 Å². The molecule has 1 aromatic rings. The first-order chi connectivity index (χ1) is 7.54. The van der Waals surface area contributed by atoms with Crippen molar-refractivity contribution in [2.45, 2.75) is 26.4 Å². The van der Waals surface area contributed by atoms with Crippen LogP contribution in [0.1, 0.15) is 19.4 Å². The van der Waals surface area contributed by atoms with Gasteiger partial charge in [-0.3, -0.25) is 0 Å². The highest BCUT2D eigenvalue weighted by Gasteiger charge is 2.11. The van der Waals surface area contributed by atoms with Gasteiger partial charge in [0.05, 0.1) is 6.61 Å². The lowest BCUT2D eigenvalue weighted by atomic mass is 10.1. The Balaban J connectivity index is 2.57. The van der Waals surface area contributed by atoms with Gasteiger partial charge in [-0.1, -0.05) is 19.9 Å². The maximum Gasteiger partial charge on any atom is 0.159 e. The average molecular weight is 229 g/mol. The molecule has 16 heavy (non-hydrogen) atoms. The van der Waals surface area contributed by atoms with Crippen LogP contribution in [0.2, 0.25) is 0 Å². The van der Waals surface area contributed by atoms with Gasteiger partial charge in [-0.2, -0.15) is 0 Å². The van der Waals surface area contributed by atoms with E-state index in [9.17, 15) is 8.78 Å². The second kappa shape index (κ2) is 5.92. The SMILES string of the molecule is CC(C)[C@@H](CO)NCc1ccc(F)c(F)c1. The van der Waals surface area contributed by atoms with Crippen molar-refractivity contribution in [2.75, 3.05) is 6.61 Å². The normalized spacial score (nSPS) is 13.1. The van der Waals surface area contributed by atoms with Crippen molar-refractivity contribution in [1.82, 2.24) is 5.32 Å². The van der Waals surface area contributed by atoms with E-state index in [4.69, 9.17) is 5.11 Å². The summed E-state index contributed by atoms with van der Waals surface area (Å²) in [4.78, 5) is 0. The first-order valence-electron chi connectivity index (χ1n) is 5.32. The molecule has 1 aromatic carbocycles. The number of nitrogens with one attached hydrogen (secondary N) is 1. The van der Waals surface area contributed by atoms with Crippen LogP contribution in [0.15, 0.2) is 18.2 Å². The van der Waals surface area contributed by atoms with Gasteiger partial charge < -0.3 is 10.4 Å². The Morgan fingerprint density at radius 2 is 1.94 bits per heavy atom. The van der Waals surface area contributed by atoms with Crippen LogP contribution in [-0.2, 0) is 6.54 Å². The van der Waals surface area contributed by atoms with E-state index in [1.165, 1.54) is 6.07 Å². The summed E-state index contributed by atoms with van der Waals surface area (Å²) < 4.78 is 25.5. The summed E-state index contributed by atoms with van der Waals surface area (Å²) in [7, 11) is 0. The Morgan fingerprint density at radius 1 is 1.25 bits per heavy atom. The van der Waals surface area contributed by atoms with Crippen molar-refractivity contribution in [2.24, 2.45) is 5.92 Å². The quantitative estimate of drug-likeness (QED) is 0.810. The van der Waals surface area contributed by atoms with Crippen LogP contribution in [-0.4, -0.2) is 17.8 Å². The minimum Gasteiger partial charge on any atom is -0.395 e. The number of aliphatic hydroxyl groups is 1. The molecule has 0 aromatic heterocycles. The number of hydrogen-bond acceptors (Lipinski definition) is 2. The summed E-state index contributed by atoms with van der Waals surface area (Å²) in [6.07, 6.45) is 0. The summed E-state index contributed by atoms with van der Waals surface area (Å²) in [6, 6.07) is 3.76. The van der Waals surface area contributed by atoms with E-state index in [1.54, 1.807) is 0 Å². The fourth-order valence-corrected chi connectivity index (χ4v) is 1.41. The van der Waals surface area contributed by atoms with E-state index in [1.807, 2.05) is 13.8 Å². The highest BCUT2D eigenvalue weighted by molar-refractivity contribution is 5.17. The molecule has 2 nitrogen and oxygen atoms in total. The van der Waals surface area contributed by atoms with Gasteiger partial charge >= 0.3 is 0 Å². The molecule has 0 radical (unpaired) electrons. The molecule has 4 heteroatoms. The van der Waals surface area contributed by atoms with Gasteiger partial charge in [0.2, 0.25) is 0 Å². The van der Waals surface area contributed by atoms with Gasteiger partial charge in [0.1, 0.15) is 0 Å². The topological polar surface area (TPSA) is 32.3 Å². The largest absolute Gasteiger partial charge is 0.395 e. The zero-order valence-corrected chi connectivity index (χ0v) is 9.50. The Bertz CT molecular complexity index is 342. The standard InChI is InChI=1S/C12H17F2NO/c1-8(2)12(7-16)15-6-9-3-4-10(13)11(14)5-9/h3-5,8,12,15-16H,6-7H2,1-2H3/t12-/m1/s1. The molecule has 0 unspecified atom stereocenters. The molecule has 0 aliphatic carbocycles. The predicted octanol–water partition coefficient (Wildman–Crippen LogP) is 2.07. The van der Waals surface area contributed by atoms with Gasteiger partial charge in [-0.15, -0.1) is 0 Å². The summed E-state index contributed by atoms with van der Waals surface area (Å²) in [5.74, 6) is -1.40. The van der Waals surface area contributed by atoms with Crippen LogP contribution in [0.3, 0.4) is 0 Å². The number of halogens is 2. The van der Waals surface area contributed by atoms with Gasteiger partial charge in [-0.05, 0) is 23.6 Å². The molecular formula is C12H17F2NO. The van der Waals surface area contributed by atoms with Crippen LogP contribution in [0.25, 0.3) is 0 Å². The molecule has 0 spiro atoms. The minimum atomic E-state index is -0.843.